The molecule has 0 aliphatic carbocycles. The zero-order chi connectivity index (χ0) is 42.4. The Labute approximate surface area is 353 Å². The fourth-order valence-electron chi connectivity index (χ4n) is 7.39. The first-order chi connectivity index (χ1) is 29.3. The monoisotopic (exact) mass is 807 g/mol. The average Bonchev–Trinajstić information content (AvgIpc) is 3.28. The molecule has 0 aromatic heterocycles. The summed E-state index contributed by atoms with van der Waals surface area (Å²) in [5.41, 5.74) is 14.5. The Kier molecular flexibility index (Phi) is 17.9. The Balaban J connectivity index is 1.32. The van der Waals surface area contributed by atoms with Gasteiger partial charge in [0.2, 0.25) is 17.7 Å². The van der Waals surface area contributed by atoms with Crippen LogP contribution in [0.4, 0.5) is 5.69 Å². The number of hydrogen-bond donors (Lipinski definition) is 5. The van der Waals surface area contributed by atoms with Crippen molar-refractivity contribution in [3.8, 4) is 0 Å². The van der Waals surface area contributed by atoms with Gasteiger partial charge in [-0.1, -0.05) is 151 Å². The molecule has 60 heavy (non-hydrogen) atoms. The Morgan fingerprint density at radius 3 is 1.87 bits per heavy atom. The number of anilines is 1. The second-order valence-electron chi connectivity index (χ2n) is 15.1. The summed E-state index contributed by atoms with van der Waals surface area (Å²) in [5, 5.41) is 25.9. The first-order valence-corrected chi connectivity index (χ1v) is 20.9. The number of unbranched alkanes of at least 4 members (excludes halogenated alkanes) is 4. The highest BCUT2D eigenvalue weighted by Crippen LogP contribution is 2.37. The molecule has 5 N–H and O–H groups in total. The molecule has 11 nitrogen and oxygen atoms in total. The van der Waals surface area contributed by atoms with Crippen LogP contribution in [0.3, 0.4) is 0 Å². The van der Waals surface area contributed by atoms with Gasteiger partial charge in [-0.2, -0.15) is 0 Å². The number of hydrogen-bond acceptors (Lipinski definition) is 6. The maximum absolute atomic E-state index is 14.1. The van der Waals surface area contributed by atoms with Crippen LogP contribution in [0.15, 0.2) is 145 Å². The molecule has 0 heterocycles. The van der Waals surface area contributed by atoms with Crippen LogP contribution in [0, 0.1) is 6.92 Å². The van der Waals surface area contributed by atoms with E-state index in [1.54, 1.807) is 24.3 Å². The van der Waals surface area contributed by atoms with Crippen molar-refractivity contribution < 1.29 is 19.5 Å². The Bertz CT molecular complexity index is 2070. The summed E-state index contributed by atoms with van der Waals surface area (Å²) in [4.78, 5) is 44.1. The van der Waals surface area contributed by atoms with Gasteiger partial charge in [0.15, 0.2) is 0 Å². The summed E-state index contributed by atoms with van der Waals surface area (Å²) >= 11 is 0. The van der Waals surface area contributed by atoms with Gasteiger partial charge in [0.1, 0.15) is 12.1 Å². The van der Waals surface area contributed by atoms with Crippen molar-refractivity contribution in [1.82, 2.24) is 16.0 Å². The second-order valence-corrected chi connectivity index (χ2v) is 15.1. The lowest BCUT2D eigenvalue weighted by atomic mass is 9.76. The largest absolute Gasteiger partial charge is 0.392 e. The number of nitrogens with one attached hydrogen (secondary N) is 4. The first-order valence-electron chi connectivity index (χ1n) is 20.9. The highest BCUT2D eigenvalue weighted by molar-refractivity contribution is 5.98. The van der Waals surface area contributed by atoms with Crippen molar-refractivity contribution in [1.29, 1.82) is 0 Å². The van der Waals surface area contributed by atoms with E-state index in [4.69, 9.17) is 5.53 Å². The van der Waals surface area contributed by atoms with E-state index in [0.717, 1.165) is 41.5 Å². The maximum Gasteiger partial charge on any atom is 0.246 e. The van der Waals surface area contributed by atoms with Crippen molar-refractivity contribution in [2.45, 2.75) is 88.9 Å². The van der Waals surface area contributed by atoms with Crippen LogP contribution in [-0.4, -0.2) is 48.0 Å². The lowest BCUT2D eigenvalue weighted by Gasteiger charge is -2.37. The number of rotatable bonds is 24. The number of amides is 3. The Morgan fingerprint density at radius 1 is 0.650 bits per heavy atom. The molecule has 312 valence electrons. The number of nitrogens with zero attached hydrogens (tertiary/aromatic N) is 3. The van der Waals surface area contributed by atoms with Gasteiger partial charge in [0, 0.05) is 30.0 Å². The maximum atomic E-state index is 14.1. The first kappa shape index (κ1) is 44.8. The number of carbonyl (C=O) groups is 3. The summed E-state index contributed by atoms with van der Waals surface area (Å²) in [6, 6.07) is 44.0. The third-order valence-electron chi connectivity index (χ3n) is 10.7. The summed E-state index contributed by atoms with van der Waals surface area (Å²) in [6.45, 7) is 3.00. The molecule has 11 heteroatoms. The predicted molar refractivity (Wildman–Crippen MR) is 238 cm³/mol. The van der Waals surface area contributed by atoms with Crippen molar-refractivity contribution in [2.75, 3.05) is 18.4 Å². The fraction of sp³-hybridized carbons (Fsp3) is 0.327. The van der Waals surface area contributed by atoms with Gasteiger partial charge in [-0.05, 0) is 91.1 Å². The third-order valence-corrected chi connectivity index (χ3v) is 10.7. The van der Waals surface area contributed by atoms with Gasteiger partial charge in [0.25, 0.3) is 0 Å². The van der Waals surface area contributed by atoms with Crippen molar-refractivity contribution >= 4 is 23.4 Å². The number of aliphatic hydroxyl groups excluding tert-OH is 1. The number of azide groups is 1. The van der Waals surface area contributed by atoms with E-state index in [9.17, 15) is 19.5 Å². The molecule has 0 aliphatic rings. The molecule has 0 aliphatic heterocycles. The molecule has 5 rings (SSSR count). The van der Waals surface area contributed by atoms with Crippen LogP contribution in [0.2, 0.25) is 0 Å². The van der Waals surface area contributed by atoms with Crippen molar-refractivity contribution in [2.24, 2.45) is 5.11 Å². The molecule has 5 aromatic carbocycles. The van der Waals surface area contributed by atoms with Crippen LogP contribution >= 0.6 is 0 Å². The molecular formula is C49H57N7O4. The molecule has 3 amide bonds. The highest BCUT2D eigenvalue weighted by atomic mass is 16.3. The zero-order valence-electron chi connectivity index (χ0n) is 34.4. The molecule has 5 aromatic rings. The van der Waals surface area contributed by atoms with Gasteiger partial charge < -0.3 is 21.1 Å². The van der Waals surface area contributed by atoms with E-state index in [2.05, 4.69) is 111 Å². The summed E-state index contributed by atoms with van der Waals surface area (Å²) < 4.78 is 0. The summed E-state index contributed by atoms with van der Waals surface area (Å²) in [7, 11) is 0. The van der Waals surface area contributed by atoms with E-state index < -0.39 is 23.5 Å². The summed E-state index contributed by atoms with van der Waals surface area (Å²) in [5.74, 6) is -1.06. The number of benzene rings is 5. The smallest absolute Gasteiger partial charge is 0.246 e. The van der Waals surface area contributed by atoms with Crippen LogP contribution in [-0.2, 0) is 33.0 Å². The molecular weight excluding hydrogens is 751 g/mol. The Hall–Kier alpha value is -6.26. The van der Waals surface area contributed by atoms with Crippen LogP contribution < -0.4 is 21.3 Å². The predicted octanol–water partition coefficient (Wildman–Crippen LogP) is 8.65. The lowest BCUT2D eigenvalue weighted by molar-refractivity contribution is -0.131. The van der Waals surface area contributed by atoms with Gasteiger partial charge >= 0.3 is 0 Å². The van der Waals surface area contributed by atoms with Gasteiger partial charge in [-0.15, -0.1) is 0 Å². The van der Waals surface area contributed by atoms with Crippen LogP contribution in [0.25, 0.3) is 10.4 Å². The minimum absolute atomic E-state index is 0.118. The van der Waals surface area contributed by atoms with Crippen molar-refractivity contribution in [3.05, 3.63) is 183 Å². The van der Waals surface area contributed by atoms with Gasteiger partial charge in [-0.25, -0.2) is 0 Å². The molecule has 0 fully saturated rings. The third kappa shape index (κ3) is 13.4. The SMILES string of the molecule is Cc1ccc(C(NCCCCC(NC(=O)C(Cc2ccccc2)NC(=O)CCCCCCN=[N+]=[N-])C(=O)Nc2ccc(CO)cc2)(c2ccccc2)c2ccccc2)cc1. The second kappa shape index (κ2) is 24.0. The molecule has 0 saturated heterocycles. The molecule has 0 radical (unpaired) electrons. The normalized spacial score (nSPS) is 12.1. The standard InChI is InChI=1S/C49H57N7O4/c1-37-25-29-42(30-26-37)49(40-19-9-5-10-20-40,41-21-11-6-12-22-41)51-33-16-14-23-44(47(59)53-43-31-27-39(36-57)28-32-43)55-48(60)45(35-38-17-7-4-8-18-38)54-46(58)24-13-2-3-15-34-52-56-50/h4-12,17-22,25-32,44-45,51,57H,2-3,13-16,23-24,33-36H2,1H3,(H,53,59)(H,54,58)(H,55,60). The van der Waals surface area contributed by atoms with Crippen LogP contribution in [0.1, 0.15) is 84.7 Å². The fourth-order valence-corrected chi connectivity index (χ4v) is 7.39. The van der Waals surface area contributed by atoms with E-state index in [1.165, 1.54) is 5.56 Å². The van der Waals surface area contributed by atoms with E-state index in [0.29, 0.717) is 50.0 Å². The average molecular weight is 808 g/mol. The minimum atomic E-state index is -0.905. The lowest BCUT2D eigenvalue weighted by Crippen LogP contribution is -2.53. The van der Waals surface area contributed by atoms with E-state index in [-0.39, 0.29) is 31.3 Å². The van der Waals surface area contributed by atoms with E-state index >= 15 is 0 Å². The van der Waals surface area contributed by atoms with Crippen molar-refractivity contribution in [3.63, 3.8) is 0 Å². The number of aryl methyl sites for hydroxylation is 1. The topological polar surface area (TPSA) is 168 Å². The molecule has 0 spiro atoms. The zero-order valence-corrected chi connectivity index (χ0v) is 34.4. The highest BCUT2D eigenvalue weighted by Gasteiger charge is 2.36. The Morgan fingerprint density at radius 2 is 1.25 bits per heavy atom. The minimum Gasteiger partial charge on any atom is -0.392 e. The quantitative estimate of drug-likeness (QED) is 0.0138. The number of carbonyl (C=O) groups excluding carboxylic acids is 3. The molecule has 2 unspecified atom stereocenters. The van der Waals surface area contributed by atoms with Gasteiger partial charge in [0.05, 0.1) is 12.1 Å². The number of aliphatic hydroxyl groups is 1. The van der Waals surface area contributed by atoms with E-state index in [1.807, 2.05) is 42.5 Å². The molecule has 0 saturated carbocycles. The van der Waals surface area contributed by atoms with Gasteiger partial charge in [-0.3, -0.25) is 19.7 Å². The molecule has 0 bridgehead atoms. The van der Waals surface area contributed by atoms with Crippen LogP contribution in [0.5, 0.6) is 0 Å². The summed E-state index contributed by atoms with van der Waals surface area (Å²) in [6.07, 6.45) is 5.18. The molecule has 2 atom stereocenters.